The number of nitrogens with one attached hydrogen (secondary N) is 2. The number of aromatic amines is 1. The fourth-order valence-electron chi connectivity index (χ4n) is 1.63. The Bertz CT molecular complexity index is 739. The van der Waals surface area contributed by atoms with Crippen molar-refractivity contribution in [1.82, 2.24) is 10.2 Å². The van der Waals surface area contributed by atoms with Crippen LogP contribution in [0, 0.1) is 5.82 Å². The molecule has 0 saturated carbocycles. The van der Waals surface area contributed by atoms with Crippen LogP contribution in [0.25, 0.3) is 0 Å². The first-order valence-electron chi connectivity index (χ1n) is 5.65. The van der Waals surface area contributed by atoms with E-state index in [2.05, 4.69) is 10.2 Å². The van der Waals surface area contributed by atoms with Gasteiger partial charge in [0.2, 0.25) is 0 Å². The highest BCUT2D eigenvalue weighted by Crippen LogP contribution is 2.32. The normalized spacial score (nSPS) is 11.3. The Labute approximate surface area is 119 Å². The Balaban J connectivity index is 2.32. The third-order valence-electron chi connectivity index (χ3n) is 2.58. The third kappa shape index (κ3) is 3.22. The van der Waals surface area contributed by atoms with E-state index in [9.17, 15) is 27.2 Å². The predicted octanol–water partition coefficient (Wildman–Crippen LogP) is 2.52. The number of anilines is 1. The van der Waals surface area contributed by atoms with Gasteiger partial charge in [0.05, 0.1) is 11.1 Å². The van der Waals surface area contributed by atoms with Crippen molar-refractivity contribution in [3.8, 4) is 0 Å². The standard InChI is InChI=1S/C12H7F4N3O3/c13-5-1-2-7(12(14,15)16)6(3-5)10(20)17-9-4-8(11(21)22)18-19-9/h1-4H,(H,21,22)(H2,17,18,19,20). The molecular formula is C12H7F4N3O3. The molecule has 1 aromatic carbocycles. The largest absolute Gasteiger partial charge is 0.477 e. The van der Waals surface area contributed by atoms with Crippen molar-refractivity contribution in [3.05, 3.63) is 46.9 Å². The summed E-state index contributed by atoms with van der Waals surface area (Å²) in [6.07, 6.45) is -4.85. The van der Waals surface area contributed by atoms with Crippen molar-refractivity contribution in [2.45, 2.75) is 6.18 Å². The summed E-state index contributed by atoms with van der Waals surface area (Å²) in [6.45, 7) is 0. The first kappa shape index (κ1) is 15.5. The van der Waals surface area contributed by atoms with E-state index >= 15 is 0 Å². The molecule has 0 atom stereocenters. The van der Waals surface area contributed by atoms with E-state index < -0.39 is 35.0 Å². The van der Waals surface area contributed by atoms with Crippen molar-refractivity contribution in [1.29, 1.82) is 0 Å². The van der Waals surface area contributed by atoms with Crippen LogP contribution in [0.15, 0.2) is 24.3 Å². The van der Waals surface area contributed by atoms with E-state index in [0.29, 0.717) is 18.2 Å². The maximum atomic E-state index is 13.1. The number of benzene rings is 1. The zero-order chi connectivity index (χ0) is 16.5. The Morgan fingerprint density at radius 2 is 1.91 bits per heavy atom. The number of aromatic carboxylic acids is 1. The van der Waals surface area contributed by atoms with Crippen LogP contribution in [-0.4, -0.2) is 27.2 Å². The number of H-pyrrole nitrogens is 1. The molecule has 2 rings (SSSR count). The van der Waals surface area contributed by atoms with Crippen LogP contribution in [0.2, 0.25) is 0 Å². The highest BCUT2D eigenvalue weighted by molar-refractivity contribution is 6.05. The molecule has 0 unspecified atom stereocenters. The van der Waals surface area contributed by atoms with Crippen LogP contribution in [0.1, 0.15) is 26.4 Å². The van der Waals surface area contributed by atoms with E-state index in [1.54, 1.807) is 0 Å². The van der Waals surface area contributed by atoms with Crippen LogP contribution in [-0.2, 0) is 6.18 Å². The average Bonchev–Trinajstić information content (AvgIpc) is 2.85. The number of carbonyl (C=O) groups is 2. The molecule has 0 saturated heterocycles. The van der Waals surface area contributed by atoms with Gasteiger partial charge in [0.15, 0.2) is 5.82 Å². The first-order chi connectivity index (χ1) is 10.2. The molecule has 0 radical (unpaired) electrons. The topological polar surface area (TPSA) is 95.1 Å². The molecule has 0 fully saturated rings. The number of hydrogen-bond acceptors (Lipinski definition) is 3. The van der Waals surface area contributed by atoms with Gasteiger partial charge in [-0.2, -0.15) is 18.3 Å². The molecule has 0 spiro atoms. The van der Waals surface area contributed by atoms with E-state index in [1.165, 1.54) is 0 Å². The van der Waals surface area contributed by atoms with E-state index in [1.807, 2.05) is 5.32 Å². The number of rotatable bonds is 3. The zero-order valence-electron chi connectivity index (χ0n) is 10.5. The number of carboxylic acids is 1. The maximum Gasteiger partial charge on any atom is 0.417 e. The summed E-state index contributed by atoms with van der Waals surface area (Å²) in [7, 11) is 0. The second kappa shape index (κ2) is 5.47. The Hall–Kier alpha value is -2.91. The van der Waals surface area contributed by atoms with Crippen LogP contribution in [0.4, 0.5) is 23.4 Å². The van der Waals surface area contributed by atoms with Crippen molar-refractivity contribution in [2.24, 2.45) is 0 Å². The van der Waals surface area contributed by atoms with Gasteiger partial charge in [0.1, 0.15) is 11.5 Å². The van der Waals surface area contributed by atoms with Gasteiger partial charge in [-0.05, 0) is 18.2 Å². The van der Waals surface area contributed by atoms with E-state index in [4.69, 9.17) is 5.11 Å². The smallest absolute Gasteiger partial charge is 0.417 e. The second-order valence-electron chi connectivity index (χ2n) is 4.11. The number of halogens is 4. The number of alkyl halides is 3. The summed E-state index contributed by atoms with van der Waals surface area (Å²) < 4.78 is 51.5. The molecule has 0 aliphatic rings. The fourth-order valence-corrected chi connectivity index (χ4v) is 1.63. The van der Waals surface area contributed by atoms with Gasteiger partial charge in [-0.3, -0.25) is 9.89 Å². The minimum Gasteiger partial charge on any atom is -0.477 e. The molecule has 10 heteroatoms. The van der Waals surface area contributed by atoms with Crippen molar-refractivity contribution in [3.63, 3.8) is 0 Å². The quantitative estimate of drug-likeness (QED) is 0.758. The number of carboxylic acid groups (broad SMARTS) is 1. The molecule has 116 valence electrons. The van der Waals surface area contributed by atoms with E-state index in [-0.39, 0.29) is 11.5 Å². The van der Waals surface area contributed by atoms with Gasteiger partial charge in [0, 0.05) is 6.07 Å². The van der Waals surface area contributed by atoms with Crippen LogP contribution < -0.4 is 5.32 Å². The van der Waals surface area contributed by atoms with Crippen LogP contribution >= 0.6 is 0 Å². The highest BCUT2D eigenvalue weighted by atomic mass is 19.4. The van der Waals surface area contributed by atoms with Crippen molar-refractivity contribution in [2.75, 3.05) is 5.32 Å². The summed E-state index contributed by atoms with van der Waals surface area (Å²) in [4.78, 5) is 22.5. The molecule has 22 heavy (non-hydrogen) atoms. The van der Waals surface area contributed by atoms with Gasteiger partial charge >= 0.3 is 12.1 Å². The molecule has 3 N–H and O–H groups in total. The maximum absolute atomic E-state index is 13.1. The van der Waals surface area contributed by atoms with Crippen LogP contribution in [0.3, 0.4) is 0 Å². The number of hydrogen-bond donors (Lipinski definition) is 3. The third-order valence-corrected chi connectivity index (χ3v) is 2.58. The minimum atomic E-state index is -4.85. The molecule has 0 aliphatic heterocycles. The lowest BCUT2D eigenvalue weighted by atomic mass is 10.1. The Kier molecular flexibility index (Phi) is 3.85. The number of amides is 1. The molecule has 6 nitrogen and oxygen atoms in total. The lowest BCUT2D eigenvalue weighted by Crippen LogP contribution is -2.19. The lowest BCUT2D eigenvalue weighted by Gasteiger charge is -2.12. The number of nitrogens with zero attached hydrogens (tertiary/aromatic N) is 1. The van der Waals surface area contributed by atoms with Gasteiger partial charge in [-0.15, -0.1) is 0 Å². The average molecular weight is 317 g/mol. The summed E-state index contributed by atoms with van der Waals surface area (Å²) >= 11 is 0. The summed E-state index contributed by atoms with van der Waals surface area (Å²) in [6, 6.07) is 2.36. The lowest BCUT2D eigenvalue weighted by molar-refractivity contribution is -0.137. The van der Waals surface area contributed by atoms with Gasteiger partial charge < -0.3 is 10.4 Å². The number of carbonyl (C=O) groups excluding carboxylic acids is 1. The van der Waals surface area contributed by atoms with Crippen LogP contribution in [0.5, 0.6) is 0 Å². The Morgan fingerprint density at radius 3 is 2.45 bits per heavy atom. The molecule has 1 aromatic heterocycles. The van der Waals surface area contributed by atoms with Gasteiger partial charge in [0.25, 0.3) is 5.91 Å². The predicted molar refractivity (Wildman–Crippen MR) is 64.9 cm³/mol. The Morgan fingerprint density at radius 1 is 1.23 bits per heavy atom. The second-order valence-corrected chi connectivity index (χ2v) is 4.11. The summed E-state index contributed by atoms with van der Waals surface area (Å²) in [5, 5.41) is 16.1. The van der Waals surface area contributed by atoms with Crippen molar-refractivity contribution >= 4 is 17.7 Å². The van der Waals surface area contributed by atoms with E-state index in [0.717, 1.165) is 6.07 Å². The molecular weight excluding hydrogens is 310 g/mol. The molecule has 0 aliphatic carbocycles. The highest BCUT2D eigenvalue weighted by Gasteiger charge is 2.35. The monoisotopic (exact) mass is 317 g/mol. The molecule has 1 heterocycles. The fraction of sp³-hybridized carbons (Fsp3) is 0.0833. The summed E-state index contributed by atoms with van der Waals surface area (Å²) in [5.41, 5.74) is -2.63. The molecule has 2 aromatic rings. The molecule has 1 amide bonds. The first-order valence-corrected chi connectivity index (χ1v) is 5.65. The zero-order valence-corrected chi connectivity index (χ0v) is 10.5. The van der Waals surface area contributed by atoms with Gasteiger partial charge in [-0.25, -0.2) is 9.18 Å². The number of aromatic nitrogens is 2. The SMILES string of the molecule is O=C(O)c1cc(NC(=O)c2cc(F)ccc2C(F)(F)F)n[nH]1. The summed E-state index contributed by atoms with van der Waals surface area (Å²) in [5.74, 6) is -3.96. The van der Waals surface area contributed by atoms with Gasteiger partial charge in [-0.1, -0.05) is 0 Å². The minimum absolute atomic E-state index is 0.306. The molecule has 0 bridgehead atoms. The van der Waals surface area contributed by atoms with Crippen molar-refractivity contribution < 1.29 is 32.3 Å².